The molecule has 3 aromatic rings. The van der Waals surface area contributed by atoms with Crippen molar-refractivity contribution >= 4 is 39.2 Å². The summed E-state index contributed by atoms with van der Waals surface area (Å²) in [5, 5.41) is 26.0. The molecule has 2 fully saturated rings. The molecule has 3 heterocycles. The van der Waals surface area contributed by atoms with Gasteiger partial charge in [-0.2, -0.15) is 0 Å². The summed E-state index contributed by atoms with van der Waals surface area (Å²) in [5.74, 6) is 0.860. The number of rotatable bonds is 8. The second-order valence-electron chi connectivity index (χ2n) is 13.1. The van der Waals surface area contributed by atoms with Gasteiger partial charge in [-0.15, -0.1) is 11.3 Å². The van der Waals surface area contributed by atoms with Gasteiger partial charge < -0.3 is 19.8 Å². The van der Waals surface area contributed by atoms with Gasteiger partial charge in [-0.3, -0.25) is 9.69 Å². The van der Waals surface area contributed by atoms with E-state index in [4.69, 9.17) is 4.74 Å². The number of ether oxygens (including phenoxy) is 1. The SMILES string of the molecule is CC(C)CN(C(=O)/C=C/c1cc(Br)cs1)C1CC[C@@]2(O)[C@H]3Cc4ccc(O)c5c4[C@@]2(CCN3CCc2ccccc2)C1O5. The Kier molecular flexibility index (Phi) is 7.48. The molecule has 1 spiro atoms. The summed E-state index contributed by atoms with van der Waals surface area (Å²) in [4.78, 5) is 19.4. The van der Waals surface area contributed by atoms with Crippen molar-refractivity contribution in [3.8, 4) is 11.5 Å². The van der Waals surface area contributed by atoms with E-state index in [-0.39, 0.29) is 29.7 Å². The number of amides is 1. The first kappa shape index (κ1) is 29.1. The van der Waals surface area contributed by atoms with Crippen molar-refractivity contribution in [2.75, 3.05) is 19.6 Å². The molecule has 8 heteroatoms. The van der Waals surface area contributed by atoms with Gasteiger partial charge in [0.25, 0.3) is 0 Å². The Bertz CT molecular complexity index is 1560. The first-order valence-corrected chi connectivity index (χ1v) is 17.1. The van der Waals surface area contributed by atoms with Gasteiger partial charge in [-0.05, 0) is 89.8 Å². The molecule has 2 aromatic carbocycles. The Morgan fingerprint density at radius 1 is 1.23 bits per heavy atom. The molecule has 1 saturated heterocycles. The zero-order valence-corrected chi connectivity index (χ0v) is 27.1. The maximum absolute atomic E-state index is 13.9. The molecule has 5 atom stereocenters. The third kappa shape index (κ3) is 4.68. The first-order valence-electron chi connectivity index (χ1n) is 15.5. The molecule has 1 saturated carbocycles. The van der Waals surface area contributed by atoms with Crippen LogP contribution in [0.5, 0.6) is 11.5 Å². The van der Waals surface area contributed by atoms with E-state index in [9.17, 15) is 15.0 Å². The normalized spacial score (nSPS) is 29.1. The number of benzene rings is 2. The molecule has 1 aromatic heterocycles. The van der Waals surface area contributed by atoms with E-state index in [1.165, 1.54) is 5.56 Å². The predicted molar refractivity (Wildman–Crippen MR) is 174 cm³/mol. The molecule has 1 amide bonds. The van der Waals surface area contributed by atoms with E-state index >= 15 is 0 Å². The van der Waals surface area contributed by atoms with Crippen LogP contribution < -0.4 is 4.74 Å². The van der Waals surface area contributed by atoms with Crippen molar-refractivity contribution in [3.63, 3.8) is 0 Å². The number of thiophene rings is 1. The molecule has 226 valence electrons. The molecule has 2 N–H and O–H groups in total. The average Bonchev–Trinajstić information content (AvgIpc) is 3.57. The number of halogens is 1. The minimum absolute atomic E-state index is 0.0401. The molecule has 7 rings (SSSR count). The zero-order valence-electron chi connectivity index (χ0n) is 24.7. The highest BCUT2D eigenvalue weighted by Gasteiger charge is 2.73. The summed E-state index contributed by atoms with van der Waals surface area (Å²) in [5.41, 5.74) is 1.75. The third-order valence-electron chi connectivity index (χ3n) is 10.3. The van der Waals surface area contributed by atoms with Gasteiger partial charge in [0.05, 0.1) is 17.1 Å². The summed E-state index contributed by atoms with van der Waals surface area (Å²) < 4.78 is 7.78. The maximum Gasteiger partial charge on any atom is 0.246 e. The lowest BCUT2D eigenvalue weighted by atomic mass is 9.48. The van der Waals surface area contributed by atoms with Crippen LogP contribution in [-0.2, 0) is 23.1 Å². The van der Waals surface area contributed by atoms with Crippen LogP contribution in [-0.4, -0.2) is 69.3 Å². The van der Waals surface area contributed by atoms with Crippen LogP contribution in [0.3, 0.4) is 0 Å². The minimum Gasteiger partial charge on any atom is -0.504 e. The van der Waals surface area contributed by atoms with E-state index in [2.05, 4.69) is 58.9 Å². The quantitative estimate of drug-likeness (QED) is 0.282. The Morgan fingerprint density at radius 3 is 2.79 bits per heavy atom. The summed E-state index contributed by atoms with van der Waals surface area (Å²) >= 11 is 5.09. The van der Waals surface area contributed by atoms with Gasteiger partial charge >= 0.3 is 0 Å². The fourth-order valence-electron chi connectivity index (χ4n) is 8.56. The molecular weight excluding hydrogens is 624 g/mol. The Balaban J connectivity index is 1.25. The Morgan fingerprint density at radius 2 is 2.05 bits per heavy atom. The number of carbonyl (C=O) groups is 1. The van der Waals surface area contributed by atoms with Crippen LogP contribution in [0.25, 0.3) is 6.08 Å². The third-order valence-corrected chi connectivity index (χ3v) is 12.0. The van der Waals surface area contributed by atoms with E-state index in [0.717, 1.165) is 52.8 Å². The van der Waals surface area contributed by atoms with Gasteiger partial charge in [0.1, 0.15) is 6.10 Å². The van der Waals surface area contributed by atoms with Crippen LogP contribution >= 0.6 is 27.3 Å². The number of phenolic OH excluding ortho intramolecular Hbond substituents is 1. The molecule has 2 bridgehead atoms. The highest BCUT2D eigenvalue weighted by atomic mass is 79.9. The number of hydrogen-bond donors (Lipinski definition) is 2. The maximum atomic E-state index is 13.9. The second kappa shape index (κ2) is 11.1. The van der Waals surface area contributed by atoms with Crippen molar-refractivity contribution in [2.24, 2.45) is 5.92 Å². The highest BCUT2D eigenvalue weighted by molar-refractivity contribution is 9.10. The van der Waals surface area contributed by atoms with Crippen molar-refractivity contribution in [1.82, 2.24) is 9.80 Å². The van der Waals surface area contributed by atoms with Crippen molar-refractivity contribution in [2.45, 2.75) is 75.2 Å². The minimum atomic E-state index is -1.01. The number of likely N-dealkylation sites (tertiary alicyclic amines) is 1. The fourth-order valence-corrected chi connectivity index (χ4v) is 9.89. The van der Waals surface area contributed by atoms with E-state index in [0.29, 0.717) is 25.1 Å². The van der Waals surface area contributed by atoms with Crippen molar-refractivity contribution in [1.29, 1.82) is 0 Å². The average molecular weight is 664 g/mol. The monoisotopic (exact) mass is 662 g/mol. The number of carbonyl (C=O) groups excluding carboxylic acids is 1. The van der Waals surface area contributed by atoms with Crippen molar-refractivity contribution < 1.29 is 19.7 Å². The standard InChI is InChI=1S/C35H39BrN2O4S/c1-22(2)20-38(30(40)11-9-26-19-25(36)21-43-26)27-12-14-35(41)29-18-24-8-10-28(39)32-31(24)34(35,33(27)42-32)15-17-37(29)16-13-23-6-4-3-5-7-23/h3-11,19,21-22,27,29,33,39,41H,12-18,20H2,1-2H3/b11-9+/t27?,29-,33?,34+,35-/m1/s1. The molecular formula is C35H39BrN2O4S. The van der Waals surface area contributed by atoms with Gasteiger partial charge in [0.15, 0.2) is 11.5 Å². The molecule has 2 aliphatic carbocycles. The lowest BCUT2D eigenvalue weighted by Crippen LogP contribution is -2.78. The molecule has 2 unspecified atom stereocenters. The molecule has 4 aliphatic rings. The number of hydrogen-bond acceptors (Lipinski definition) is 6. The van der Waals surface area contributed by atoms with Gasteiger partial charge in [-0.1, -0.05) is 50.2 Å². The molecule has 2 aliphatic heterocycles. The number of nitrogens with zero attached hydrogens (tertiary/aromatic N) is 2. The van der Waals surface area contributed by atoms with Crippen molar-refractivity contribution in [3.05, 3.63) is 86.0 Å². The number of piperidine rings is 1. The molecule has 43 heavy (non-hydrogen) atoms. The Hall–Kier alpha value is -2.65. The predicted octanol–water partition coefficient (Wildman–Crippen LogP) is 6.18. The van der Waals surface area contributed by atoms with Gasteiger partial charge in [0, 0.05) is 45.5 Å². The Labute approximate surface area is 266 Å². The number of phenols is 1. The summed E-state index contributed by atoms with van der Waals surface area (Å²) in [6.07, 6.45) is 6.75. The van der Waals surface area contributed by atoms with Crippen LogP contribution in [0, 0.1) is 5.92 Å². The van der Waals surface area contributed by atoms with Crippen LogP contribution in [0.2, 0.25) is 0 Å². The molecule has 0 radical (unpaired) electrons. The first-order chi connectivity index (χ1) is 20.7. The largest absolute Gasteiger partial charge is 0.504 e. The number of aromatic hydroxyl groups is 1. The van der Waals surface area contributed by atoms with Crippen LogP contribution in [0.1, 0.15) is 54.7 Å². The van der Waals surface area contributed by atoms with Gasteiger partial charge in [0.2, 0.25) is 5.91 Å². The summed E-state index contributed by atoms with van der Waals surface area (Å²) in [7, 11) is 0. The number of aliphatic hydroxyl groups is 1. The lowest BCUT2D eigenvalue weighted by molar-refractivity contribution is -0.201. The summed E-state index contributed by atoms with van der Waals surface area (Å²) in [6, 6.07) is 16.1. The van der Waals surface area contributed by atoms with E-state index < -0.39 is 17.1 Å². The van der Waals surface area contributed by atoms with Crippen LogP contribution in [0.15, 0.2) is 64.5 Å². The lowest BCUT2D eigenvalue weighted by Gasteiger charge is -2.65. The van der Waals surface area contributed by atoms with E-state index in [1.807, 2.05) is 34.6 Å². The topological polar surface area (TPSA) is 73.2 Å². The van der Waals surface area contributed by atoms with E-state index in [1.54, 1.807) is 23.5 Å². The second-order valence-corrected chi connectivity index (χ2v) is 15.0. The zero-order chi connectivity index (χ0) is 29.9. The van der Waals surface area contributed by atoms with Crippen LogP contribution in [0.4, 0.5) is 0 Å². The van der Waals surface area contributed by atoms with Gasteiger partial charge in [-0.25, -0.2) is 0 Å². The highest BCUT2D eigenvalue weighted by Crippen LogP contribution is 2.65. The fraction of sp³-hybridized carbons (Fsp3) is 0.457. The summed E-state index contributed by atoms with van der Waals surface area (Å²) in [6.45, 7) is 6.58. The smallest absolute Gasteiger partial charge is 0.246 e. The molecule has 6 nitrogen and oxygen atoms in total.